The summed E-state index contributed by atoms with van der Waals surface area (Å²) in [6, 6.07) is 16.3. The molecule has 2 aromatic rings. The number of thioether (sulfide) groups is 1. The zero-order valence-corrected chi connectivity index (χ0v) is 17.5. The van der Waals surface area contributed by atoms with Gasteiger partial charge in [0.2, 0.25) is 5.91 Å². The predicted octanol–water partition coefficient (Wildman–Crippen LogP) is 4.79. The number of hydrogen-bond acceptors (Lipinski definition) is 5. The van der Waals surface area contributed by atoms with Gasteiger partial charge in [0.25, 0.3) is 5.91 Å². The van der Waals surface area contributed by atoms with E-state index in [2.05, 4.69) is 5.32 Å². The van der Waals surface area contributed by atoms with E-state index in [1.807, 2.05) is 36.4 Å². The highest BCUT2D eigenvalue weighted by Gasteiger charge is 2.31. The van der Waals surface area contributed by atoms with E-state index in [0.717, 1.165) is 18.4 Å². The zero-order valence-electron chi connectivity index (χ0n) is 15.8. The third-order valence-electron chi connectivity index (χ3n) is 4.43. The smallest absolute Gasteiger partial charge is 0.266 e. The Morgan fingerprint density at radius 1 is 1.07 bits per heavy atom. The molecular weight excluding hydrogens is 404 g/mol. The number of carbonyl (C=O) groups is 2. The lowest BCUT2D eigenvalue weighted by molar-refractivity contribution is -0.122. The van der Waals surface area contributed by atoms with Gasteiger partial charge in [-0.05, 0) is 36.6 Å². The molecule has 2 amide bonds. The molecule has 1 saturated heterocycles. The monoisotopic (exact) mass is 426 g/mol. The molecule has 1 fully saturated rings. The summed E-state index contributed by atoms with van der Waals surface area (Å²) in [5.74, 6) is -0.136. The molecule has 0 spiro atoms. The molecule has 0 saturated carbocycles. The largest absolute Gasteiger partial charge is 0.506 e. The van der Waals surface area contributed by atoms with Crippen molar-refractivity contribution in [3.8, 4) is 5.75 Å². The highest BCUT2D eigenvalue weighted by molar-refractivity contribution is 8.26. The van der Waals surface area contributed by atoms with Crippen LogP contribution in [0.4, 0.5) is 5.69 Å². The molecule has 1 aliphatic heterocycles. The summed E-state index contributed by atoms with van der Waals surface area (Å²) in [6.45, 7) is 0.553. The van der Waals surface area contributed by atoms with Crippen LogP contribution < -0.4 is 5.32 Å². The van der Waals surface area contributed by atoms with Crippen molar-refractivity contribution in [1.29, 1.82) is 0 Å². The molecule has 29 heavy (non-hydrogen) atoms. The summed E-state index contributed by atoms with van der Waals surface area (Å²) in [6.07, 6.45) is 4.51. The third kappa shape index (κ3) is 5.92. The number of aromatic hydroxyl groups is 1. The van der Waals surface area contributed by atoms with Crippen LogP contribution in [0.1, 0.15) is 31.2 Å². The molecule has 2 N–H and O–H groups in total. The molecule has 0 aliphatic carbocycles. The fourth-order valence-corrected chi connectivity index (χ4v) is 4.23. The number of carbonyl (C=O) groups excluding carboxylic acids is 2. The maximum atomic E-state index is 12.6. The Morgan fingerprint density at radius 2 is 1.79 bits per heavy atom. The lowest BCUT2D eigenvalue weighted by Gasteiger charge is -2.14. The first-order chi connectivity index (χ1) is 14.0. The normalized spacial score (nSPS) is 15.2. The van der Waals surface area contributed by atoms with Crippen LogP contribution in [0.15, 0.2) is 59.5 Å². The van der Waals surface area contributed by atoms with Gasteiger partial charge in [-0.1, -0.05) is 72.9 Å². The van der Waals surface area contributed by atoms with E-state index in [9.17, 15) is 14.7 Å². The molecule has 0 aromatic heterocycles. The summed E-state index contributed by atoms with van der Waals surface area (Å²) in [7, 11) is 0. The van der Waals surface area contributed by atoms with Crippen molar-refractivity contribution < 1.29 is 14.7 Å². The van der Waals surface area contributed by atoms with Gasteiger partial charge in [0, 0.05) is 13.0 Å². The van der Waals surface area contributed by atoms with Crippen molar-refractivity contribution in [3.63, 3.8) is 0 Å². The van der Waals surface area contributed by atoms with Crippen molar-refractivity contribution in [2.75, 3.05) is 11.9 Å². The molecule has 7 heteroatoms. The van der Waals surface area contributed by atoms with E-state index in [1.165, 1.54) is 17.8 Å². The maximum Gasteiger partial charge on any atom is 0.266 e. The molecule has 1 aliphatic rings. The quantitative estimate of drug-likeness (QED) is 0.275. The topological polar surface area (TPSA) is 69.6 Å². The number of thiocarbonyl (C=S) groups is 1. The van der Waals surface area contributed by atoms with Crippen molar-refractivity contribution in [1.82, 2.24) is 4.90 Å². The molecule has 3 rings (SSSR count). The summed E-state index contributed by atoms with van der Waals surface area (Å²) in [4.78, 5) is 26.9. The fourth-order valence-electron chi connectivity index (χ4n) is 2.92. The lowest BCUT2D eigenvalue weighted by atomic mass is 10.1. The standard InChI is InChI=1S/C22H22N2O3S2/c25-18-12-7-6-11-17(18)23-20(26)13-5-2-8-14-24-21(27)19(29-22(24)28)15-16-9-3-1-4-10-16/h1,3-4,6-7,9-12,15,25H,2,5,8,13-14H2,(H,23,26)/b19-15-. The third-order valence-corrected chi connectivity index (χ3v) is 5.81. The number of hydrogen-bond donors (Lipinski definition) is 2. The van der Waals surface area contributed by atoms with Crippen LogP contribution in [0, 0.1) is 0 Å². The van der Waals surface area contributed by atoms with E-state index < -0.39 is 0 Å². The Labute approximate surface area is 179 Å². The van der Waals surface area contributed by atoms with Crippen molar-refractivity contribution in [3.05, 3.63) is 65.1 Å². The highest BCUT2D eigenvalue weighted by Crippen LogP contribution is 2.32. The van der Waals surface area contributed by atoms with Gasteiger partial charge in [-0.2, -0.15) is 0 Å². The highest BCUT2D eigenvalue weighted by atomic mass is 32.2. The van der Waals surface area contributed by atoms with Crippen LogP contribution in [0.3, 0.4) is 0 Å². The molecule has 0 unspecified atom stereocenters. The lowest BCUT2D eigenvalue weighted by Crippen LogP contribution is -2.29. The van der Waals surface area contributed by atoms with Gasteiger partial charge < -0.3 is 10.4 Å². The van der Waals surface area contributed by atoms with Crippen LogP contribution in [-0.4, -0.2) is 32.7 Å². The van der Waals surface area contributed by atoms with Gasteiger partial charge in [0.1, 0.15) is 10.1 Å². The molecule has 0 radical (unpaired) electrons. The van der Waals surface area contributed by atoms with Crippen LogP contribution in [0.2, 0.25) is 0 Å². The predicted molar refractivity (Wildman–Crippen MR) is 122 cm³/mol. The first-order valence-corrected chi connectivity index (χ1v) is 10.7. The summed E-state index contributed by atoms with van der Waals surface area (Å²) >= 11 is 6.68. The average molecular weight is 427 g/mol. The van der Waals surface area contributed by atoms with Gasteiger partial charge in [-0.25, -0.2) is 0 Å². The second-order valence-corrected chi connectivity index (χ2v) is 8.30. The van der Waals surface area contributed by atoms with Gasteiger partial charge in [-0.15, -0.1) is 0 Å². The number of nitrogens with one attached hydrogen (secondary N) is 1. The number of phenols is 1. The molecule has 0 atom stereocenters. The number of amides is 2. The number of benzene rings is 2. The van der Waals surface area contributed by atoms with Crippen molar-refractivity contribution >= 4 is 51.9 Å². The van der Waals surface area contributed by atoms with Crippen molar-refractivity contribution in [2.24, 2.45) is 0 Å². The molecule has 150 valence electrons. The van der Waals surface area contributed by atoms with E-state index in [4.69, 9.17) is 12.2 Å². The van der Waals surface area contributed by atoms with Crippen LogP contribution >= 0.6 is 24.0 Å². The Hall–Kier alpha value is -2.64. The Morgan fingerprint density at radius 3 is 2.55 bits per heavy atom. The van der Waals surface area contributed by atoms with Gasteiger partial charge in [0.15, 0.2) is 0 Å². The van der Waals surface area contributed by atoms with Crippen molar-refractivity contribution in [2.45, 2.75) is 25.7 Å². The summed E-state index contributed by atoms with van der Waals surface area (Å²) in [5.41, 5.74) is 1.39. The fraction of sp³-hybridized carbons (Fsp3) is 0.227. The van der Waals surface area contributed by atoms with E-state index >= 15 is 0 Å². The number of unbranched alkanes of at least 4 members (excludes halogenated alkanes) is 2. The van der Waals surface area contributed by atoms with E-state index in [-0.39, 0.29) is 17.6 Å². The second-order valence-electron chi connectivity index (χ2n) is 6.62. The minimum absolute atomic E-state index is 0.0544. The van der Waals surface area contributed by atoms with Crippen LogP contribution in [0.25, 0.3) is 6.08 Å². The number of phenolic OH excluding ortho intramolecular Hbond substituents is 1. The molecular formula is C22H22N2O3S2. The Balaban J connectivity index is 1.41. The van der Waals surface area contributed by atoms with Gasteiger partial charge in [-0.3, -0.25) is 14.5 Å². The molecule has 0 bridgehead atoms. The van der Waals surface area contributed by atoms with Gasteiger partial charge >= 0.3 is 0 Å². The first-order valence-electron chi connectivity index (χ1n) is 9.43. The van der Waals surface area contributed by atoms with Crippen LogP contribution in [-0.2, 0) is 9.59 Å². The number of rotatable bonds is 8. The molecule has 5 nitrogen and oxygen atoms in total. The van der Waals surface area contributed by atoms with E-state index in [0.29, 0.717) is 34.3 Å². The van der Waals surface area contributed by atoms with E-state index in [1.54, 1.807) is 23.1 Å². The minimum atomic E-state index is -0.136. The number of nitrogens with zero attached hydrogens (tertiary/aromatic N) is 1. The summed E-state index contributed by atoms with van der Waals surface area (Å²) < 4.78 is 0.578. The number of para-hydroxylation sites is 2. The number of anilines is 1. The Kier molecular flexibility index (Phi) is 7.43. The first kappa shape index (κ1) is 21.1. The second kappa shape index (κ2) is 10.2. The van der Waals surface area contributed by atoms with Gasteiger partial charge in [0.05, 0.1) is 10.6 Å². The van der Waals surface area contributed by atoms with Crippen LogP contribution in [0.5, 0.6) is 5.75 Å². The summed E-state index contributed by atoms with van der Waals surface area (Å²) in [5, 5.41) is 12.4. The molecule has 1 heterocycles. The maximum absolute atomic E-state index is 12.6. The Bertz CT molecular complexity index is 929. The average Bonchev–Trinajstić information content (AvgIpc) is 2.97. The molecule has 2 aromatic carbocycles. The SMILES string of the molecule is O=C(CCCCCN1C(=O)/C(=C/c2ccccc2)SC1=S)Nc1ccccc1O. The minimum Gasteiger partial charge on any atom is -0.506 e. The zero-order chi connectivity index (χ0) is 20.6.